The zero-order valence-corrected chi connectivity index (χ0v) is 20.6. The highest BCUT2D eigenvalue weighted by Gasteiger charge is 2.45. The molecule has 1 saturated heterocycles. The first-order valence-electron chi connectivity index (χ1n) is 12.6. The van der Waals surface area contributed by atoms with E-state index in [9.17, 15) is 14.0 Å². The molecule has 1 N–H and O–H groups in total. The predicted octanol–water partition coefficient (Wildman–Crippen LogP) is 3.37. The Morgan fingerprint density at radius 3 is 2.84 bits per heavy atom. The fourth-order valence-electron chi connectivity index (χ4n) is 5.25. The van der Waals surface area contributed by atoms with Crippen molar-refractivity contribution in [2.75, 3.05) is 20.2 Å². The van der Waals surface area contributed by atoms with Gasteiger partial charge >= 0.3 is 0 Å². The van der Waals surface area contributed by atoms with Crippen molar-refractivity contribution in [1.29, 1.82) is 0 Å². The molecular weight excluding hydrogens is 479 g/mol. The highest BCUT2D eigenvalue weighted by molar-refractivity contribution is 5.95. The SMILES string of the molecule is COc1ccc(C(=O)N2CCCCCCNC(=O)C3CC(c4nc(-c5cnccn5)no4)CC32)cc1F. The van der Waals surface area contributed by atoms with E-state index in [4.69, 9.17) is 9.26 Å². The smallest absolute Gasteiger partial charge is 0.254 e. The van der Waals surface area contributed by atoms with Crippen molar-refractivity contribution in [3.63, 3.8) is 0 Å². The number of carbonyl (C=O) groups excluding carboxylic acids is 2. The van der Waals surface area contributed by atoms with Crippen LogP contribution in [0.25, 0.3) is 11.5 Å². The topological polar surface area (TPSA) is 123 Å². The largest absolute Gasteiger partial charge is 0.494 e. The van der Waals surface area contributed by atoms with E-state index in [-0.39, 0.29) is 29.0 Å². The lowest BCUT2D eigenvalue weighted by molar-refractivity contribution is -0.126. The molecule has 1 aliphatic carbocycles. The van der Waals surface area contributed by atoms with Gasteiger partial charge in [0.15, 0.2) is 11.6 Å². The summed E-state index contributed by atoms with van der Waals surface area (Å²) in [5.41, 5.74) is 0.709. The van der Waals surface area contributed by atoms with E-state index >= 15 is 0 Å². The number of ether oxygens (including phenoxy) is 1. The number of amides is 2. The molecule has 0 bridgehead atoms. The summed E-state index contributed by atoms with van der Waals surface area (Å²) in [6, 6.07) is 3.80. The maximum Gasteiger partial charge on any atom is 0.254 e. The quantitative estimate of drug-likeness (QED) is 0.569. The number of halogens is 1. The van der Waals surface area contributed by atoms with Crippen LogP contribution in [0, 0.1) is 11.7 Å². The van der Waals surface area contributed by atoms with E-state index in [2.05, 4.69) is 25.4 Å². The molecule has 1 aromatic carbocycles. The van der Waals surface area contributed by atoms with Gasteiger partial charge in [-0.25, -0.2) is 9.37 Å². The molecule has 3 atom stereocenters. The number of hydrogen-bond donors (Lipinski definition) is 1. The number of carbonyl (C=O) groups is 2. The molecule has 37 heavy (non-hydrogen) atoms. The number of methoxy groups -OCH3 is 1. The van der Waals surface area contributed by atoms with Crippen molar-refractivity contribution in [1.82, 2.24) is 30.3 Å². The molecule has 5 rings (SSSR count). The fourth-order valence-corrected chi connectivity index (χ4v) is 5.25. The molecule has 1 aliphatic heterocycles. The predicted molar refractivity (Wildman–Crippen MR) is 130 cm³/mol. The zero-order valence-electron chi connectivity index (χ0n) is 20.6. The molecule has 11 heteroatoms. The van der Waals surface area contributed by atoms with E-state index in [1.165, 1.54) is 19.2 Å². The summed E-state index contributed by atoms with van der Waals surface area (Å²) in [5, 5.41) is 7.09. The fraction of sp³-hybridized carbons (Fsp3) is 0.462. The number of hydrogen-bond acceptors (Lipinski definition) is 8. The van der Waals surface area contributed by atoms with Crippen molar-refractivity contribution in [3.05, 3.63) is 54.1 Å². The lowest BCUT2D eigenvalue weighted by Crippen LogP contribution is -2.47. The normalized spacial score (nSPS) is 22.6. The Labute approximate surface area is 213 Å². The minimum absolute atomic E-state index is 0.0717. The minimum Gasteiger partial charge on any atom is -0.494 e. The van der Waals surface area contributed by atoms with Crippen molar-refractivity contribution < 1.29 is 23.2 Å². The van der Waals surface area contributed by atoms with E-state index in [1.54, 1.807) is 29.6 Å². The maximum atomic E-state index is 14.5. The summed E-state index contributed by atoms with van der Waals surface area (Å²) < 4.78 is 25.0. The van der Waals surface area contributed by atoms with Crippen LogP contribution < -0.4 is 10.1 Å². The van der Waals surface area contributed by atoms with E-state index in [0.29, 0.717) is 43.3 Å². The average molecular weight is 509 g/mol. The van der Waals surface area contributed by atoms with Crippen LogP contribution >= 0.6 is 0 Å². The molecule has 2 fully saturated rings. The summed E-state index contributed by atoms with van der Waals surface area (Å²) in [7, 11) is 1.38. The molecule has 0 spiro atoms. The Hall–Kier alpha value is -3.89. The van der Waals surface area contributed by atoms with E-state index in [1.807, 2.05) is 0 Å². The van der Waals surface area contributed by atoms with Crippen LogP contribution in [-0.4, -0.2) is 63.1 Å². The first kappa shape index (κ1) is 24.8. The molecule has 2 amide bonds. The van der Waals surface area contributed by atoms with Crippen LogP contribution in [0.3, 0.4) is 0 Å². The lowest BCUT2D eigenvalue weighted by atomic mass is 9.99. The van der Waals surface area contributed by atoms with Crippen LogP contribution in [0.5, 0.6) is 5.75 Å². The van der Waals surface area contributed by atoms with Crippen molar-refractivity contribution in [3.8, 4) is 17.3 Å². The Morgan fingerprint density at radius 1 is 1.19 bits per heavy atom. The molecule has 0 radical (unpaired) electrons. The van der Waals surface area contributed by atoms with Gasteiger partial charge in [-0.2, -0.15) is 4.98 Å². The summed E-state index contributed by atoms with van der Waals surface area (Å²) in [6.45, 7) is 1.07. The van der Waals surface area contributed by atoms with Gasteiger partial charge in [-0.3, -0.25) is 14.6 Å². The second-order valence-corrected chi connectivity index (χ2v) is 9.44. The average Bonchev–Trinajstić information content (AvgIpc) is 3.58. The molecule has 2 aliphatic rings. The van der Waals surface area contributed by atoms with Gasteiger partial charge in [0, 0.05) is 43.0 Å². The molecule has 194 valence electrons. The molecule has 1 saturated carbocycles. The second kappa shape index (κ2) is 11.0. The Morgan fingerprint density at radius 2 is 2.05 bits per heavy atom. The highest BCUT2D eigenvalue weighted by Crippen LogP contribution is 2.42. The number of rotatable bonds is 4. The molecular formula is C26H29FN6O4. The van der Waals surface area contributed by atoms with E-state index in [0.717, 1.165) is 25.7 Å². The minimum atomic E-state index is -0.604. The zero-order chi connectivity index (χ0) is 25.8. The molecule has 3 unspecified atom stereocenters. The number of nitrogens with zero attached hydrogens (tertiary/aromatic N) is 5. The molecule has 3 aromatic rings. The molecule has 2 aromatic heterocycles. The van der Waals surface area contributed by atoms with Gasteiger partial charge in [0.1, 0.15) is 5.69 Å². The van der Waals surface area contributed by atoms with Gasteiger partial charge < -0.3 is 19.5 Å². The van der Waals surface area contributed by atoms with Crippen LogP contribution in [0.4, 0.5) is 4.39 Å². The molecule has 10 nitrogen and oxygen atoms in total. The maximum absolute atomic E-state index is 14.5. The highest BCUT2D eigenvalue weighted by atomic mass is 19.1. The van der Waals surface area contributed by atoms with Crippen molar-refractivity contribution >= 4 is 11.8 Å². The number of fused-ring (bicyclic) bond motifs is 1. The van der Waals surface area contributed by atoms with Gasteiger partial charge in [0.05, 0.1) is 19.2 Å². The van der Waals surface area contributed by atoms with Crippen LogP contribution in [0.2, 0.25) is 0 Å². The third kappa shape index (κ3) is 5.30. The first-order chi connectivity index (χ1) is 18.0. The summed E-state index contributed by atoms with van der Waals surface area (Å²) in [5.74, 6) is -0.891. The van der Waals surface area contributed by atoms with Crippen LogP contribution in [0.15, 0.2) is 41.3 Å². The number of benzene rings is 1. The summed E-state index contributed by atoms with van der Waals surface area (Å²) >= 11 is 0. The van der Waals surface area contributed by atoms with Gasteiger partial charge in [0.25, 0.3) is 5.91 Å². The third-order valence-corrected chi connectivity index (χ3v) is 7.13. The standard InChI is InChI=1S/C26H29FN6O4/c1-36-22-7-6-16(13-19(22)27)26(35)33-11-5-3-2-4-8-30-24(34)18-12-17(14-21(18)33)25-31-23(32-37-25)20-15-28-9-10-29-20/h6-7,9-10,13,15,17-18,21H,2-5,8,11-12,14H2,1H3,(H,30,34). The summed E-state index contributed by atoms with van der Waals surface area (Å²) in [6.07, 6.45) is 9.17. The van der Waals surface area contributed by atoms with Gasteiger partial charge in [-0.15, -0.1) is 0 Å². The summed E-state index contributed by atoms with van der Waals surface area (Å²) in [4.78, 5) is 41.5. The van der Waals surface area contributed by atoms with Gasteiger partial charge in [-0.1, -0.05) is 18.0 Å². The van der Waals surface area contributed by atoms with E-state index < -0.39 is 17.8 Å². The molecule has 3 heterocycles. The monoisotopic (exact) mass is 508 g/mol. The number of nitrogens with one attached hydrogen (secondary N) is 1. The Balaban J connectivity index is 1.45. The lowest BCUT2D eigenvalue weighted by Gasteiger charge is -2.32. The van der Waals surface area contributed by atoms with Gasteiger partial charge in [0.2, 0.25) is 17.6 Å². The van der Waals surface area contributed by atoms with Crippen LogP contribution in [-0.2, 0) is 4.79 Å². The van der Waals surface area contributed by atoms with Crippen LogP contribution in [0.1, 0.15) is 60.7 Å². The Kier molecular flexibility index (Phi) is 7.38. The number of aromatic nitrogens is 4. The third-order valence-electron chi connectivity index (χ3n) is 7.13. The van der Waals surface area contributed by atoms with Gasteiger partial charge in [-0.05, 0) is 43.9 Å². The van der Waals surface area contributed by atoms with Crippen molar-refractivity contribution in [2.45, 2.75) is 50.5 Å². The first-order valence-corrected chi connectivity index (χ1v) is 12.6. The second-order valence-electron chi connectivity index (χ2n) is 9.44. The van der Waals surface area contributed by atoms with Crippen molar-refractivity contribution in [2.24, 2.45) is 5.92 Å². The Bertz CT molecular complexity index is 1250.